The summed E-state index contributed by atoms with van der Waals surface area (Å²) in [5, 5.41) is 0. The van der Waals surface area contributed by atoms with Crippen LogP contribution in [0.1, 0.15) is 37.2 Å². The van der Waals surface area contributed by atoms with E-state index in [9.17, 15) is 8.78 Å². The molecule has 120 valence electrons. The van der Waals surface area contributed by atoms with Gasteiger partial charge in [-0.2, -0.15) is 0 Å². The summed E-state index contributed by atoms with van der Waals surface area (Å²) >= 11 is 0. The molecule has 0 heterocycles. The van der Waals surface area contributed by atoms with Gasteiger partial charge in [0.05, 0.1) is 13.4 Å². The van der Waals surface area contributed by atoms with Crippen LogP contribution in [0.2, 0.25) is 0 Å². The van der Waals surface area contributed by atoms with E-state index in [4.69, 9.17) is 4.74 Å². The highest BCUT2D eigenvalue weighted by molar-refractivity contribution is 5.64. The number of hydrogen-bond acceptors (Lipinski definition) is 1. The SMILES string of the molecule is CO/C=C1/CCCCC1c1ccc(-c2ccc(F)c(F)c2)cc1. The minimum atomic E-state index is -0.818. The molecular weight excluding hydrogens is 294 g/mol. The van der Waals surface area contributed by atoms with Crippen molar-refractivity contribution >= 4 is 0 Å². The third kappa shape index (κ3) is 3.44. The second kappa shape index (κ2) is 6.95. The van der Waals surface area contributed by atoms with Crippen LogP contribution in [-0.2, 0) is 4.74 Å². The van der Waals surface area contributed by atoms with Gasteiger partial charge in [-0.05, 0) is 53.7 Å². The van der Waals surface area contributed by atoms with E-state index in [1.165, 1.54) is 36.1 Å². The molecule has 0 bridgehead atoms. The van der Waals surface area contributed by atoms with Gasteiger partial charge in [-0.3, -0.25) is 0 Å². The number of halogens is 2. The molecule has 0 N–H and O–H groups in total. The molecule has 1 aliphatic carbocycles. The van der Waals surface area contributed by atoms with E-state index in [0.29, 0.717) is 11.5 Å². The molecule has 3 heteroatoms. The zero-order chi connectivity index (χ0) is 16.2. The maximum atomic E-state index is 13.4. The van der Waals surface area contributed by atoms with Crippen molar-refractivity contribution < 1.29 is 13.5 Å². The molecule has 0 amide bonds. The molecule has 0 saturated heterocycles. The lowest BCUT2D eigenvalue weighted by atomic mass is 9.80. The molecule has 2 aromatic carbocycles. The predicted molar refractivity (Wildman–Crippen MR) is 88.1 cm³/mol. The number of rotatable bonds is 3. The molecule has 1 fully saturated rings. The zero-order valence-electron chi connectivity index (χ0n) is 13.2. The topological polar surface area (TPSA) is 9.23 Å². The molecule has 1 atom stereocenters. The Hall–Kier alpha value is -2.16. The third-order valence-electron chi connectivity index (χ3n) is 4.49. The average Bonchev–Trinajstić information content (AvgIpc) is 2.58. The summed E-state index contributed by atoms with van der Waals surface area (Å²) < 4.78 is 31.6. The number of ether oxygens (including phenoxy) is 1. The Bertz CT molecular complexity index is 704. The number of allylic oxidation sites excluding steroid dienone is 1. The molecule has 2 aromatic rings. The van der Waals surface area contributed by atoms with Crippen LogP contribution in [0.4, 0.5) is 8.78 Å². The van der Waals surface area contributed by atoms with Crippen molar-refractivity contribution in [2.24, 2.45) is 0 Å². The van der Waals surface area contributed by atoms with Crippen molar-refractivity contribution in [3.05, 3.63) is 71.5 Å². The Balaban J connectivity index is 1.86. The molecule has 3 rings (SSSR count). The van der Waals surface area contributed by atoms with Gasteiger partial charge in [-0.25, -0.2) is 8.78 Å². The summed E-state index contributed by atoms with van der Waals surface area (Å²) in [4.78, 5) is 0. The van der Waals surface area contributed by atoms with E-state index in [2.05, 4.69) is 12.1 Å². The first-order valence-electron chi connectivity index (χ1n) is 7.96. The number of methoxy groups -OCH3 is 1. The lowest BCUT2D eigenvalue weighted by Gasteiger charge is -2.25. The summed E-state index contributed by atoms with van der Waals surface area (Å²) in [6.45, 7) is 0. The highest BCUT2D eigenvalue weighted by Gasteiger charge is 2.21. The van der Waals surface area contributed by atoms with Crippen molar-refractivity contribution in [1.29, 1.82) is 0 Å². The summed E-state index contributed by atoms with van der Waals surface area (Å²) in [6, 6.07) is 12.1. The van der Waals surface area contributed by atoms with Crippen LogP contribution in [0.15, 0.2) is 54.3 Å². The van der Waals surface area contributed by atoms with Crippen LogP contribution in [0.5, 0.6) is 0 Å². The maximum absolute atomic E-state index is 13.4. The van der Waals surface area contributed by atoms with E-state index >= 15 is 0 Å². The Morgan fingerprint density at radius 3 is 2.39 bits per heavy atom. The fourth-order valence-electron chi connectivity index (χ4n) is 3.29. The first kappa shape index (κ1) is 15.7. The van der Waals surface area contributed by atoms with Crippen LogP contribution >= 0.6 is 0 Å². The highest BCUT2D eigenvalue weighted by atomic mass is 19.2. The van der Waals surface area contributed by atoms with E-state index in [1.54, 1.807) is 13.2 Å². The molecule has 1 saturated carbocycles. The highest BCUT2D eigenvalue weighted by Crippen LogP contribution is 2.38. The van der Waals surface area contributed by atoms with Crippen molar-refractivity contribution in [1.82, 2.24) is 0 Å². The lowest BCUT2D eigenvalue weighted by Crippen LogP contribution is -2.08. The molecule has 0 aliphatic heterocycles. The van der Waals surface area contributed by atoms with Gasteiger partial charge in [0.15, 0.2) is 11.6 Å². The summed E-state index contributed by atoms with van der Waals surface area (Å²) in [5.74, 6) is -1.24. The molecular formula is C20H20F2O. The fourth-order valence-corrected chi connectivity index (χ4v) is 3.29. The van der Waals surface area contributed by atoms with Crippen LogP contribution in [0.3, 0.4) is 0 Å². The van der Waals surface area contributed by atoms with E-state index in [-0.39, 0.29) is 0 Å². The van der Waals surface area contributed by atoms with E-state index in [1.807, 2.05) is 18.4 Å². The van der Waals surface area contributed by atoms with E-state index < -0.39 is 11.6 Å². The summed E-state index contributed by atoms with van der Waals surface area (Å²) in [5.41, 5.74) is 4.16. The minimum absolute atomic E-state index is 0.391. The van der Waals surface area contributed by atoms with Crippen molar-refractivity contribution in [2.75, 3.05) is 7.11 Å². The van der Waals surface area contributed by atoms with Gasteiger partial charge in [-0.1, -0.05) is 36.8 Å². The van der Waals surface area contributed by atoms with Gasteiger partial charge in [-0.15, -0.1) is 0 Å². The number of hydrogen-bond donors (Lipinski definition) is 0. The normalized spacial score (nSPS) is 19.8. The average molecular weight is 314 g/mol. The lowest BCUT2D eigenvalue weighted by molar-refractivity contribution is 0.325. The Morgan fingerprint density at radius 1 is 0.957 bits per heavy atom. The van der Waals surface area contributed by atoms with Crippen molar-refractivity contribution in [3.63, 3.8) is 0 Å². The summed E-state index contributed by atoms with van der Waals surface area (Å²) in [7, 11) is 1.69. The predicted octanol–water partition coefficient (Wildman–Crippen LogP) is 5.82. The maximum Gasteiger partial charge on any atom is 0.159 e. The van der Waals surface area contributed by atoms with Crippen LogP contribution in [0, 0.1) is 11.6 Å². The van der Waals surface area contributed by atoms with Gasteiger partial charge in [0.2, 0.25) is 0 Å². The van der Waals surface area contributed by atoms with Gasteiger partial charge < -0.3 is 4.74 Å². The molecule has 0 aromatic heterocycles. The van der Waals surface area contributed by atoms with Gasteiger partial charge in [0.25, 0.3) is 0 Å². The molecule has 23 heavy (non-hydrogen) atoms. The Labute approximate surface area is 135 Å². The fraction of sp³-hybridized carbons (Fsp3) is 0.300. The minimum Gasteiger partial charge on any atom is -0.504 e. The van der Waals surface area contributed by atoms with Crippen molar-refractivity contribution in [2.45, 2.75) is 31.6 Å². The molecule has 1 unspecified atom stereocenters. The first-order valence-corrected chi connectivity index (χ1v) is 7.96. The first-order chi connectivity index (χ1) is 11.2. The molecule has 1 nitrogen and oxygen atoms in total. The molecule has 0 spiro atoms. The summed E-state index contributed by atoms with van der Waals surface area (Å²) in [6.07, 6.45) is 6.49. The third-order valence-corrected chi connectivity index (χ3v) is 4.49. The van der Waals surface area contributed by atoms with Crippen LogP contribution in [-0.4, -0.2) is 7.11 Å². The second-order valence-electron chi connectivity index (χ2n) is 5.98. The largest absolute Gasteiger partial charge is 0.504 e. The monoisotopic (exact) mass is 314 g/mol. The quantitative estimate of drug-likeness (QED) is 0.649. The molecule has 0 radical (unpaired) electrons. The Kier molecular flexibility index (Phi) is 4.75. The van der Waals surface area contributed by atoms with E-state index in [0.717, 1.165) is 18.4 Å². The van der Waals surface area contributed by atoms with Crippen LogP contribution in [0.25, 0.3) is 11.1 Å². The smallest absolute Gasteiger partial charge is 0.159 e. The Morgan fingerprint density at radius 2 is 1.70 bits per heavy atom. The second-order valence-corrected chi connectivity index (χ2v) is 5.98. The van der Waals surface area contributed by atoms with Crippen molar-refractivity contribution in [3.8, 4) is 11.1 Å². The van der Waals surface area contributed by atoms with Gasteiger partial charge in [0.1, 0.15) is 0 Å². The number of benzene rings is 2. The standard InChI is InChI=1S/C20H20F2O/c1-23-13-17-4-2-3-5-18(17)15-8-6-14(7-9-15)16-10-11-19(21)20(22)12-16/h6-13,18H,2-5H2,1H3/b17-13-. The van der Waals surface area contributed by atoms with Gasteiger partial charge >= 0.3 is 0 Å². The van der Waals surface area contributed by atoms with Crippen LogP contribution < -0.4 is 0 Å². The van der Waals surface area contributed by atoms with Gasteiger partial charge in [0, 0.05) is 5.92 Å². The molecule has 1 aliphatic rings. The zero-order valence-corrected chi connectivity index (χ0v) is 13.2.